The number of methoxy groups -OCH3 is 1. The zero-order valence-electron chi connectivity index (χ0n) is 19.4. The van der Waals surface area contributed by atoms with Crippen LogP contribution in [0.25, 0.3) is 27.5 Å². The molecule has 0 aliphatic carbocycles. The summed E-state index contributed by atoms with van der Waals surface area (Å²) in [6.07, 6.45) is 9.20. The Hall–Kier alpha value is -1.60. The second kappa shape index (κ2) is 16.9. The molecule has 0 heterocycles. The zero-order valence-corrected chi connectivity index (χ0v) is 22.6. The summed E-state index contributed by atoms with van der Waals surface area (Å²) in [5, 5.41) is 2.02. The van der Waals surface area contributed by atoms with E-state index in [1.165, 1.54) is 37.5 Å². The average Bonchev–Trinajstić information content (AvgIpc) is 2.81. The first-order chi connectivity index (χ1) is 14.7. The summed E-state index contributed by atoms with van der Waals surface area (Å²) in [6, 6.07) is 20.7. The molecule has 164 valence electrons. The van der Waals surface area contributed by atoms with E-state index in [0.29, 0.717) is 12.0 Å². The molecule has 5 heteroatoms. The van der Waals surface area contributed by atoms with Crippen LogP contribution in [0.1, 0.15) is 50.7 Å². The van der Waals surface area contributed by atoms with Crippen LogP contribution in [0.4, 0.5) is 0 Å². The number of carbonyl (C=O) groups is 1. The smallest absolute Gasteiger partial charge is 0.870 e. The van der Waals surface area contributed by atoms with Crippen LogP contribution in [0.3, 0.4) is 0 Å². The van der Waals surface area contributed by atoms with Gasteiger partial charge in [-0.1, -0.05) is 85.3 Å². The van der Waals surface area contributed by atoms with Crippen LogP contribution in [-0.2, 0) is 14.3 Å². The van der Waals surface area contributed by atoms with Crippen molar-refractivity contribution in [2.75, 3.05) is 7.11 Å². The van der Waals surface area contributed by atoms with Crippen LogP contribution in [0.15, 0.2) is 66.7 Å². The maximum absolute atomic E-state index is 11.4. The molecule has 3 aromatic carbocycles. The van der Waals surface area contributed by atoms with Gasteiger partial charge in [-0.2, -0.15) is 6.07 Å². The Labute approximate surface area is 233 Å². The predicted octanol–water partition coefficient (Wildman–Crippen LogP) is 3.56. The summed E-state index contributed by atoms with van der Waals surface area (Å²) >= 11 is 0. The third-order valence-corrected chi connectivity index (χ3v) is 5.06. The Morgan fingerprint density at radius 1 is 1.00 bits per heavy atom. The monoisotopic (exact) mass is 457 g/mol. The molecule has 1 N–H and O–H groups in total. The third kappa shape index (κ3) is 8.73. The Morgan fingerprint density at radius 3 is 2.22 bits per heavy atom. The van der Waals surface area contributed by atoms with Crippen molar-refractivity contribution < 1.29 is 71.2 Å². The average molecular weight is 458 g/mol. The van der Waals surface area contributed by atoms with Crippen molar-refractivity contribution in [2.24, 2.45) is 0 Å². The van der Waals surface area contributed by atoms with Gasteiger partial charge in [-0.05, 0) is 36.5 Å². The summed E-state index contributed by atoms with van der Waals surface area (Å²) < 4.78 is 3.86. The molecule has 0 fully saturated rings. The van der Waals surface area contributed by atoms with E-state index in [1.807, 2.05) is 30.3 Å². The van der Waals surface area contributed by atoms with Gasteiger partial charge in [0, 0.05) is 0 Å². The first kappa shape index (κ1) is 30.4. The minimum atomic E-state index is 0. The van der Waals surface area contributed by atoms with Crippen molar-refractivity contribution in [1.29, 1.82) is 0 Å². The molecule has 3 rings (SSSR count). The molecule has 4 nitrogen and oxygen atoms in total. The molecule has 0 amide bonds. The Balaban J connectivity index is 0.00000148. The van der Waals surface area contributed by atoms with E-state index in [9.17, 15) is 4.79 Å². The quantitative estimate of drug-likeness (QED) is 0.224. The largest absolute Gasteiger partial charge is 1.00 e. The van der Waals surface area contributed by atoms with Crippen LogP contribution in [0, 0.1) is 0 Å². The fourth-order valence-corrected chi connectivity index (χ4v) is 3.46. The van der Waals surface area contributed by atoms with E-state index < -0.39 is 0 Å². The molecular weight excluding hydrogens is 427 g/mol. The molecule has 0 aliphatic heterocycles. The molecule has 0 aromatic heterocycles. The number of rotatable bonds is 8. The molecule has 3 aromatic rings. The van der Waals surface area contributed by atoms with Crippen molar-refractivity contribution in [3.8, 4) is 11.1 Å². The number of fused-ring (bicyclic) bond motifs is 1. The molecular formula is C27H30KO4-. The first-order valence-corrected chi connectivity index (χ1v) is 10.3. The Morgan fingerprint density at radius 2 is 1.66 bits per heavy atom. The second-order valence-electron chi connectivity index (χ2n) is 7.03. The van der Waals surface area contributed by atoms with Crippen molar-refractivity contribution in [3.05, 3.63) is 77.9 Å². The number of benzene rings is 3. The maximum atomic E-state index is 11.4. The van der Waals surface area contributed by atoms with Gasteiger partial charge in [0.2, 0.25) is 0 Å². The Bertz CT molecular complexity index is 994. The standard InChI is InChI=1S/C25H25O.C2H4O2.K.H2O/c1-3-5-6-9-19(4-2)20-12-14-21(15-13-20)23-16-22-10-7-8-11-25(22)24(17-23)18-26;1-4-2-3;;/h4,7-8,10-17H,3,5-6,9H2,1-2H3;2H,1H3;;1H2/q-1;;+1;/p-1/b19-4-;;;. The van der Waals surface area contributed by atoms with E-state index in [1.54, 1.807) is 0 Å². The van der Waals surface area contributed by atoms with Gasteiger partial charge in [0.15, 0.2) is 0 Å². The van der Waals surface area contributed by atoms with Gasteiger partial charge in [-0.3, -0.25) is 4.79 Å². The minimum absolute atomic E-state index is 0. The van der Waals surface area contributed by atoms with E-state index >= 15 is 0 Å². The van der Waals surface area contributed by atoms with Gasteiger partial charge < -0.3 is 15.0 Å². The summed E-state index contributed by atoms with van der Waals surface area (Å²) in [5.74, 6) is 0. The molecule has 0 bridgehead atoms. The molecule has 0 saturated carbocycles. The maximum Gasteiger partial charge on any atom is 1.00 e. The molecule has 0 aliphatic rings. The van der Waals surface area contributed by atoms with Gasteiger partial charge in [0.25, 0.3) is 6.47 Å². The molecule has 0 radical (unpaired) electrons. The normalized spacial score (nSPS) is 10.2. The fraction of sp³-hybridized carbons (Fsp3) is 0.259. The van der Waals surface area contributed by atoms with Crippen LogP contribution in [0.5, 0.6) is 0 Å². The fourth-order valence-electron chi connectivity index (χ4n) is 3.46. The van der Waals surface area contributed by atoms with Crippen molar-refractivity contribution in [1.82, 2.24) is 0 Å². The zero-order chi connectivity index (χ0) is 21.8. The minimum Gasteiger partial charge on any atom is -0.870 e. The summed E-state index contributed by atoms with van der Waals surface area (Å²) in [5.41, 5.74) is 5.50. The van der Waals surface area contributed by atoms with E-state index in [0.717, 1.165) is 28.3 Å². The molecule has 0 spiro atoms. The number of hydrogen-bond donors (Lipinski definition) is 0. The summed E-state index contributed by atoms with van der Waals surface area (Å²) in [4.78, 5) is 20.3. The number of allylic oxidation sites excluding steroid dienone is 2. The summed E-state index contributed by atoms with van der Waals surface area (Å²) in [6.45, 7) is 4.73. The van der Waals surface area contributed by atoms with Crippen LogP contribution in [0.2, 0.25) is 0 Å². The van der Waals surface area contributed by atoms with E-state index in [4.69, 9.17) is 4.79 Å². The van der Waals surface area contributed by atoms with Crippen LogP contribution in [-0.4, -0.2) is 25.3 Å². The van der Waals surface area contributed by atoms with Gasteiger partial charge in [-0.25, -0.2) is 0 Å². The topological polar surface area (TPSA) is 73.4 Å². The number of hydrogen-bond acceptors (Lipinski definition) is 4. The van der Waals surface area contributed by atoms with Crippen molar-refractivity contribution in [2.45, 2.75) is 39.5 Å². The molecule has 32 heavy (non-hydrogen) atoms. The SMILES string of the molecule is C/C=C(/CCCCC)c1ccc(-c2cc([C-]=O)c3ccccc3c2)cc1.COC=O.[K+].[OH-]. The van der Waals surface area contributed by atoms with E-state index in [-0.39, 0.29) is 56.9 Å². The van der Waals surface area contributed by atoms with Crippen LogP contribution >= 0.6 is 0 Å². The molecule has 0 atom stereocenters. The third-order valence-electron chi connectivity index (χ3n) is 5.06. The van der Waals surface area contributed by atoms with E-state index in [2.05, 4.69) is 61.3 Å². The van der Waals surface area contributed by atoms with Gasteiger partial charge in [0.1, 0.15) is 0 Å². The van der Waals surface area contributed by atoms with Gasteiger partial charge >= 0.3 is 51.4 Å². The van der Waals surface area contributed by atoms with Crippen molar-refractivity contribution in [3.63, 3.8) is 0 Å². The van der Waals surface area contributed by atoms with Gasteiger partial charge in [-0.15, -0.1) is 17.0 Å². The second-order valence-corrected chi connectivity index (χ2v) is 7.03. The summed E-state index contributed by atoms with van der Waals surface area (Å²) in [7, 11) is 1.31. The van der Waals surface area contributed by atoms with Crippen molar-refractivity contribution >= 4 is 29.1 Å². The predicted molar refractivity (Wildman–Crippen MR) is 127 cm³/mol. The Kier molecular flexibility index (Phi) is 16.1. The number of ether oxygens (including phenoxy) is 1. The molecule has 0 saturated heterocycles. The van der Waals surface area contributed by atoms with Gasteiger partial charge in [0.05, 0.1) is 13.4 Å². The molecule has 0 unspecified atom stereocenters. The number of carbonyl (C=O) groups excluding carboxylic acids is 2. The number of unbranched alkanes of at least 4 members (excludes halogenated alkanes) is 2. The van der Waals surface area contributed by atoms with Crippen LogP contribution < -0.4 is 51.4 Å². The first-order valence-electron chi connectivity index (χ1n) is 10.3.